The zero-order chi connectivity index (χ0) is 10.8. The van der Waals surface area contributed by atoms with Crippen LogP contribution in [0.25, 0.3) is 11.3 Å². The van der Waals surface area contributed by atoms with E-state index in [9.17, 15) is 0 Å². The minimum atomic E-state index is 0.702. The summed E-state index contributed by atoms with van der Waals surface area (Å²) in [4.78, 5) is 4.27. The van der Waals surface area contributed by atoms with Gasteiger partial charge in [-0.2, -0.15) is 0 Å². The van der Waals surface area contributed by atoms with Crippen LogP contribution in [0.1, 0.15) is 5.56 Å². The molecule has 2 rings (SSSR count). The molecule has 0 atom stereocenters. The lowest BCUT2D eigenvalue weighted by molar-refractivity contribution is 1.32. The maximum absolute atomic E-state index is 5.86. The van der Waals surface area contributed by atoms with Crippen molar-refractivity contribution in [3.8, 4) is 11.3 Å². The summed E-state index contributed by atoms with van der Waals surface area (Å²) in [5.74, 6) is 0. The molecule has 0 saturated heterocycles. The second-order valence-corrected chi connectivity index (χ2v) is 4.26. The molecule has 0 aliphatic rings. The lowest BCUT2D eigenvalue weighted by atomic mass is 10.1. The molecule has 15 heavy (non-hydrogen) atoms. The number of halogens is 1. The summed E-state index contributed by atoms with van der Waals surface area (Å²) < 4.78 is 1.07. The van der Waals surface area contributed by atoms with Gasteiger partial charge in [0.15, 0.2) is 0 Å². The van der Waals surface area contributed by atoms with Crippen molar-refractivity contribution in [3.63, 3.8) is 0 Å². The molecule has 0 fully saturated rings. The van der Waals surface area contributed by atoms with E-state index in [0.717, 1.165) is 15.7 Å². The van der Waals surface area contributed by atoms with Gasteiger partial charge in [-0.25, -0.2) is 0 Å². The van der Waals surface area contributed by atoms with Gasteiger partial charge in [-0.3, -0.25) is 4.98 Å². The number of nitrogens with two attached hydrogens (primary N) is 1. The third kappa shape index (κ3) is 2.02. The fraction of sp³-hybridized carbons (Fsp3) is 0.0833. The summed E-state index contributed by atoms with van der Waals surface area (Å²) in [6.45, 7) is 2.05. The number of hydrogen-bond donors (Lipinski definition) is 1. The zero-order valence-electron chi connectivity index (χ0n) is 8.37. The lowest BCUT2D eigenvalue weighted by Gasteiger charge is -2.06. The highest BCUT2D eigenvalue weighted by atomic mass is 79.9. The van der Waals surface area contributed by atoms with Gasteiger partial charge in [0.1, 0.15) is 0 Å². The maximum atomic E-state index is 5.86. The van der Waals surface area contributed by atoms with E-state index in [1.807, 2.05) is 30.3 Å². The van der Waals surface area contributed by atoms with E-state index in [2.05, 4.69) is 27.8 Å². The second kappa shape index (κ2) is 4.03. The summed E-state index contributed by atoms with van der Waals surface area (Å²) in [7, 11) is 0. The minimum absolute atomic E-state index is 0.702. The zero-order valence-corrected chi connectivity index (χ0v) is 9.95. The van der Waals surface area contributed by atoms with E-state index >= 15 is 0 Å². The van der Waals surface area contributed by atoms with E-state index in [0.29, 0.717) is 5.69 Å². The summed E-state index contributed by atoms with van der Waals surface area (Å²) >= 11 is 3.50. The standard InChI is InChI=1S/C12H11BrN2/c1-8-4-5-9(7-10(8)13)12-11(14)3-2-6-15-12/h2-7H,14H2,1H3. The molecule has 0 radical (unpaired) electrons. The van der Waals surface area contributed by atoms with Crippen LogP contribution in [0.4, 0.5) is 5.69 Å². The van der Waals surface area contributed by atoms with Crippen molar-refractivity contribution in [1.82, 2.24) is 4.98 Å². The molecule has 0 bridgehead atoms. The Morgan fingerprint density at radius 3 is 2.73 bits per heavy atom. The Kier molecular flexibility index (Phi) is 2.73. The number of benzene rings is 1. The van der Waals surface area contributed by atoms with Crippen LogP contribution in [0.5, 0.6) is 0 Å². The molecule has 0 aliphatic heterocycles. The smallest absolute Gasteiger partial charge is 0.0931 e. The molecule has 0 saturated carbocycles. The van der Waals surface area contributed by atoms with Crippen LogP contribution in [0, 0.1) is 6.92 Å². The van der Waals surface area contributed by atoms with Gasteiger partial charge < -0.3 is 5.73 Å². The van der Waals surface area contributed by atoms with Crippen LogP contribution in [0.15, 0.2) is 41.0 Å². The Morgan fingerprint density at radius 2 is 2.07 bits per heavy atom. The molecule has 0 spiro atoms. The molecule has 2 aromatic rings. The van der Waals surface area contributed by atoms with Gasteiger partial charge >= 0.3 is 0 Å². The number of rotatable bonds is 1. The van der Waals surface area contributed by atoms with Crippen molar-refractivity contribution in [1.29, 1.82) is 0 Å². The lowest BCUT2D eigenvalue weighted by Crippen LogP contribution is -1.92. The average Bonchev–Trinajstić information content (AvgIpc) is 2.23. The maximum Gasteiger partial charge on any atom is 0.0931 e. The summed E-state index contributed by atoms with van der Waals surface area (Å²) in [5.41, 5.74) is 9.63. The number of nitrogen functional groups attached to an aromatic ring is 1. The fourth-order valence-electron chi connectivity index (χ4n) is 1.40. The van der Waals surface area contributed by atoms with Crippen LogP contribution < -0.4 is 5.73 Å². The Morgan fingerprint density at radius 1 is 1.27 bits per heavy atom. The predicted octanol–water partition coefficient (Wildman–Crippen LogP) is 3.40. The first-order valence-corrected chi connectivity index (χ1v) is 5.45. The topological polar surface area (TPSA) is 38.9 Å². The van der Waals surface area contributed by atoms with Crippen molar-refractivity contribution in [2.45, 2.75) is 6.92 Å². The van der Waals surface area contributed by atoms with Crippen molar-refractivity contribution < 1.29 is 0 Å². The third-order valence-corrected chi connectivity index (χ3v) is 3.14. The molecular weight excluding hydrogens is 252 g/mol. The molecule has 76 valence electrons. The summed E-state index contributed by atoms with van der Waals surface area (Å²) in [6.07, 6.45) is 1.75. The summed E-state index contributed by atoms with van der Waals surface area (Å²) in [6, 6.07) is 9.80. The highest BCUT2D eigenvalue weighted by Gasteiger charge is 2.04. The van der Waals surface area contributed by atoms with Crippen LogP contribution in [-0.2, 0) is 0 Å². The van der Waals surface area contributed by atoms with E-state index in [4.69, 9.17) is 5.73 Å². The largest absolute Gasteiger partial charge is 0.397 e. The van der Waals surface area contributed by atoms with Crippen LogP contribution in [0.3, 0.4) is 0 Å². The van der Waals surface area contributed by atoms with Gasteiger partial charge in [0, 0.05) is 16.2 Å². The SMILES string of the molecule is Cc1ccc(-c2ncccc2N)cc1Br. The van der Waals surface area contributed by atoms with E-state index in [1.165, 1.54) is 5.56 Å². The van der Waals surface area contributed by atoms with Crippen molar-refractivity contribution in [2.24, 2.45) is 0 Å². The number of aromatic nitrogens is 1. The van der Waals surface area contributed by atoms with Crippen LogP contribution >= 0.6 is 15.9 Å². The summed E-state index contributed by atoms with van der Waals surface area (Å²) in [5, 5.41) is 0. The number of aryl methyl sites for hydroxylation is 1. The highest BCUT2D eigenvalue weighted by Crippen LogP contribution is 2.27. The average molecular weight is 263 g/mol. The molecular formula is C12H11BrN2. The number of nitrogens with zero attached hydrogens (tertiary/aromatic N) is 1. The van der Waals surface area contributed by atoms with Crippen molar-refractivity contribution >= 4 is 21.6 Å². The van der Waals surface area contributed by atoms with Gasteiger partial charge in [-0.1, -0.05) is 28.1 Å². The third-order valence-electron chi connectivity index (χ3n) is 2.28. The Hall–Kier alpha value is -1.35. The molecule has 1 aromatic carbocycles. The fourth-order valence-corrected chi connectivity index (χ4v) is 1.78. The molecule has 2 N–H and O–H groups in total. The molecule has 3 heteroatoms. The Bertz CT molecular complexity index is 495. The van der Waals surface area contributed by atoms with Crippen LogP contribution in [0.2, 0.25) is 0 Å². The van der Waals surface area contributed by atoms with Gasteiger partial charge in [0.2, 0.25) is 0 Å². The minimum Gasteiger partial charge on any atom is -0.397 e. The Balaban J connectivity index is 2.55. The normalized spacial score (nSPS) is 10.3. The number of pyridine rings is 1. The predicted molar refractivity (Wildman–Crippen MR) is 66.5 cm³/mol. The first-order chi connectivity index (χ1) is 7.18. The highest BCUT2D eigenvalue weighted by molar-refractivity contribution is 9.10. The molecule has 0 amide bonds. The molecule has 1 aromatic heterocycles. The first kappa shape index (κ1) is 10.2. The van der Waals surface area contributed by atoms with Gasteiger partial charge in [0.25, 0.3) is 0 Å². The molecule has 0 aliphatic carbocycles. The van der Waals surface area contributed by atoms with Crippen LogP contribution in [-0.4, -0.2) is 4.98 Å². The Labute approximate surface area is 97.3 Å². The quantitative estimate of drug-likeness (QED) is 0.856. The van der Waals surface area contributed by atoms with E-state index in [-0.39, 0.29) is 0 Å². The van der Waals surface area contributed by atoms with Gasteiger partial charge in [0.05, 0.1) is 11.4 Å². The van der Waals surface area contributed by atoms with Gasteiger partial charge in [-0.05, 0) is 30.7 Å². The molecule has 2 nitrogen and oxygen atoms in total. The molecule has 1 heterocycles. The van der Waals surface area contributed by atoms with E-state index < -0.39 is 0 Å². The number of anilines is 1. The monoisotopic (exact) mass is 262 g/mol. The van der Waals surface area contributed by atoms with Crippen molar-refractivity contribution in [3.05, 3.63) is 46.6 Å². The second-order valence-electron chi connectivity index (χ2n) is 3.41. The number of hydrogen-bond acceptors (Lipinski definition) is 2. The first-order valence-electron chi connectivity index (χ1n) is 4.65. The van der Waals surface area contributed by atoms with E-state index in [1.54, 1.807) is 6.20 Å². The van der Waals surface area contributed by atoms with Gasteiger partial charge in [-0.15, -0.1) is 0 Å². The van der Waals surface area contributed by atoms with Crippen molar-refractivity contribution in [2.75, 3.05) is 5.73 Å². The molecule has 0 unspecified atom stereocenters.